The molecule has 1 N–H and O–H groups in total. The summed E-state index contributed by atoms with van der Waals surface area (Å²) in [7, 11) is 0. The molecule has 4 rings (SSSR count). The number of nitrogens with one attached hydrogen (secondary N) is 1. The highest BCUT2D eigenvalue weighted by atomic mass is 32.2. The molecule has 4 amide bonds. The van der Waals surface area contributed by atoms with Crippen LogP contribution in [-0.2, 0) is 9.59 Å². The zero-order valence-electron chi connectivity index (χ0n) is 15.1. The second kappa shape index (κ2) is 8.12. The fourth-order valence-corrected chi connectivity index (χ4v) is 3.64. The highest BCUT2D eigenvalue weighted by Crippen LogP contribution is 2.28. The van der Waals surface area contributed by atoms with E-state index in [1.165, 1.54) is 18.5 Å². The number of rotatable bonds is 4. The van der Waals surface area contributed by atoms with Gasteiger partial charge < -0.3 is 0 Å². The monoisotopic (exact) mass is 401 g/mol. The molecule has 1 aliphatic rings. The summed E-state index contributed by atoms with van der Waals surface area (Å²) in [5.74, 6) is -1.41. The number of pyridine rings is 1. The van der Waals surface area contributed by atoms with Crippen LogP contribution in [-0.4, -0.2) is 22.8 Å². The molecule has 1 aromatic heterocycles. The third-order valence-corrected chi connectivity index (χ3v) is 5.19. The highest BCUT2D eigenvalue weighted by molar-refractivity contribution is 7.99. The first-order valence-electron chi connectivity index (χ1n) is 8.76. The van der Waals surface area contributed by atoms with Crippen molar-refractivity contribution in [2.75, 3.05) is 4.90 Å². The van der Waals surface area contributed by atoms with Gasteiger partial charge in [0.05, 0.1) is 11.9 Å². The molecule has 1 saturated heterocycles. The van der Waals surface area contributed by atoms with Gasteiger partial charge in [-0.3, -0.25) is 19.9 Å². The lowest BCUT2D eigenvalue weighted by molar-refractivity contribution is -0.122. The van der Waals surface area contributed by atoms with E-state index >= 15 is 0 Å². The molecule has 0 saturated carbocycles. The summed E-state index contributed by atoms with van der Waals surface area (Å²) in [5, 5.41) is 2.20. The lowest BCUT2D eigenvalue weighted by Crippen LogP contribution is -2.54. The summed E-state index contributed by atoms with van der Waals surface area (Å²) in [5.41, 5.74) is 0.862. The predicted octanol–water partition coefficient (Wildman–Crippen LogP) is 3.90. The van der Waals surface area contributed by atoms with E-state index in [0.29, 0.717) is 11.3 Å². The molecule has 2 heterocycles. The van der Waals surface area contributed by atoms with E-state index in [0.717, 1.165) is 14.7 Å². The Bertz CT molecular complexity index is 1100. The third-order valence-electron chi connectivity index (χ3n) is 4.18. The maximum atomic E-state index is 12.8. The van der Waals surface area contributed by atoms with Crippen LogP contribution >= 0.6 is 11.8 Å². The van der Waals surface area contributed by atoms with Crippen molar-refractivity contribution >= 4 is 41.4 Å². The van der Waals surface area contributed by atoms with Gasteiger partial charge in [-0.15, -0.1) is 0 Å². The number of carbonyl (C=O) groups excluding carboxylic acids is 3. The zero-order valence-corrected chi connectivity index (χ0v) is 15.9. The number of aromatic nitrogens is 1. The van der Waals surface area contributed by atoms with E-state index in [9.17, 15) is 14.4 Å². The fraction of sp³-hybridized carbons (Fsp3) is 0. The second-order valence-corrected chi connectivity index (χ2v) is 7.30. The van der Waals surface area contributed by atoms with E-state index in [1.807, 2.05) is 54.6 Å². The third kappa shape index (κ3) is 4.09. The van der Waals surface area contributed by atoms with Crippen molar-refractivity contribution in [2.45, 2.75) is 9.79 Å². The number of carbonyl (C=O) groups is 3. The van der Waals surface area contributed by atoms with Crippen LogP contribution in [0.1, 0.15) is 5.56 Å². The van der Waals surface area contributed by atoms with E-state index in [-0.39, 0.29) is 5.57 Å². The number of anilines is 1. The Labute approximate surface area is 171 Å². The molecule has 0 aliphatic carbocycles. The Morgan fingerprint density at radius 3 is 2.28 bits per heavy atom. The zero-order chi connectivity index (χ0) is 20.2. The molecule has 0 unspecified atom stereocenters. The first-order chi connectivity index (χ1) is 14.1. The lowest BCUT2D eigenvalue weighted by atomic mass is 10.1. The Hall–Kier alpha value is -3.71. The average Bonchev–Trinajstić information content (AvgIpc) is 2.74. The first-order valence-corrected chi connectivity index (χ1v) is 9.58. The summed E-state index contributed by atoms with van der Waals surface area (Å²) in [6.07, 6.45) is 4.40. The number of benzene rings is 2. The summed E-state index contributed by atoms with van der Waals surface area (Å²) in [6, 6.07) is 19.8. The smallest absolute Gasteiger partial charge is 0.273 e. The highest BCUT2D eigenvalue weighted by Gasteiger charge is 2.36. The molecule has 0 bridgehead atoms. The van der Waals surface area contributed by atoms with Gasteiger partial charge in [-0.2, -0.15) is 0 Å². The predicted molar refractivity (Wildman–Crippen MR) is 110 cm³/mol. The van der Waals surface area contributed by atoms with Gasteiger partial charge in [0, 0.05) is 16.0 Å². The van der Waals surface area contributed by atoms with Crippen LogP contribution in [0.15, 0.2) is 94.5 Å². The number of imide groups is 2. The molecule has 6 nitrogen and oxygen atoms in total. The lowest BCUT2D eigenvalue weighted by Gasteiger charge is -2.26. The van der Waals surface area contributed by atoms with Gasteiger partial charge in [0.15, 0.2) is 0 Å². The molecule has 0 atom stereocenters. The van der Waals surface area contributed by atoms with Gasteiger partial charge in [-0.25, -0.2) is 9.69 Å². The second-order valence-electron chi connectivity index (χ2n) is 6.15. The van der Waals surface area contributed by atoms with E-state index < -0.39 is 17.8 Å². The average molecular weight is 401 g/mol. The molecule has 1 aliphatic heterocycles. The van der Waals surface area contributed by atoms with Crippen LogP contribution in [0.5, 0.6) is 0 Å². The Kier molecular flexibility index (Phi) is 5.22. The minimum atomic E-state index is -0.792. The quantitative estimate of drug-likeness (QED) is 0.530. The summed E-state index contributed by atoms with van der Waals surface area (Å²) < 4.78 is 0. The molecule has 142 valence electrons. The summed E-state index contributed by atoms with van der Waals surface area (Å²) in [6.45, 7) is 0. The topological polar surface area (TPSA) is 79.4 Å². The molecule has 0 spiro atoms. The van der Waals surface area contributed by atoms with Crippen molar-refractivity contribution in [3.63, 3.8) is 0 Å². The van der Waals surface area contributed by atoms with Crippen molar-refractivity contribution < 1.29 is 14.4 Å². The van der Waals surface area contributed by atoms with Gasteiger partial charge in [0.1, 0.15) is 5.57 Å². The first kappa shape index (κ1) is 18.6. The number of amides is 4. The minimum Gasteiger partial charge on any atom is -0.273 e. The molecule has 7 heteroatoms. The molecule has 3 aromatic rings. The van der Waals surface area contributed by atoms with Crippen molar-refractivity contribution in [1.29, 1.82) is 0 Å². The Morgan fingerprint density at radius 1 is 0.862 bits per heavy atom. The standard InChI is InChI=1S/C22H15N3O3S/c26-20-19(21(27)25(22(28)24-20)16-5-4-12-23-14-16)13-15-8-10-18(11-9-15)29-17-6-2-1-3-7-17/h1-14H,(H,24,26,28)/b19-13+. The molecule has 1 fully saturated rings. The Morgan fingerprint density at radius 2 is 1.59 bits per heavy atom. The minimum absolute atomic E-state index is 0.114. The number of barbiturate groups is 1. The molecule has 0 radical (unpaired) electrons. The number of hydrogen-bond acceptors (Lipinski definition) is 5. The maximum absolute atomic E-state index is 12.8. The molecule has 29 heavy (non-hydrogen) atoms. The van der Waals surface area contributed by atoms with Crippen LogP contribution in [0.2, 0.25) is 0 Å². The van der Waals surface area contributed by atoms with Crippen LogP contribution in [0.25, 0.3) is 6.08 Å². The van der Waals surface area contributed by atoms with Gasteiger partial charge in [-0.1, -0.05) is 42.1 Å². The van der Waals surface area contributed by atoms with E-state index in [1.54, 1.807) is 23.9 Å². The molecular weight excluding hydrogens is 386 g/mol. The van der Waals surface area contributed by atoms with Crippen LogP contribution in [0.4, 0.5) is 10.5 Å². The number of urea groups is 1. The molecular formula is C22H15N3O3S. The van der Waals surface area contributed by atoms with Crippen molar-refractivity contribution in [2.24, 2.45) is 0 Å². The Balaban J connectivity index is 1.58. The normalized spacial score (nSPS) is 15.5. The van der Waals surface area contributed by atoms with Gasteiger partial charge in [-0.05, 0) is 48.0 Å². The van der Waals surface area contributed by atoms with Crippen molar-refractivity contribution in [1.82, 2.24) is 10.3 Å². The maximum Gasteiger partial charge on any atom is 0.336 e. The number of nitrogens with zero attached hydrogens (tertiary/aromatic N) is 2. The summed E-state index contributed by atoms with van der Waals surface area (Å²) in [4.78, 5) is 44.2. The van der Waals surface area contributed by atoms with Gasteiger partial charge in [0.25, 0.3) is 11.8 Å². The van der Waals surface area contributed by atoms with Crippen molar-refractivity contribution in [3.8, 4) is 0 Å². The largest absolute Gasteiger partial charge is 0.336 e. The SMILES string of the molecule is O=C1NC(=O)N(c2cccnc2)C(=O)/C1=C/c1ccc(Sc2ccccc2)cc1. The van der Waals surface area contributed by atoms with Gasteiger partial charge >= 0.3 is 6.03 Å². The van der Waals surface area contributed by atoms with Gasteiger partial charge in [0.2, 0.25) is 0 Å². The van der Waals surface area contributed by atoms with Crippen LogP contribution in [0, 0.1) is 0 Å². The van der Waals surface area contributed by atoms with Crippen molar-refractivity contribution in [3.05, 3.63) is 90.3 Å². The summed E-state index contributed by atoms with van der Waals surface area (Å²) >= 11 is 1.61. The molecule has 2 aromatic carbocycles. The fourth-order valence-electron chi connectivity index (χ4n) is 2.80. The van der Waals surface area contributed by atoms with Crippen LogP contribution in [0.3, 0.4) is 0 Å². The number of hydrogen-bond donors (Lipinski definition) is 1. The van der Waals surface area contributed by atoms with E-state index in [2.05, 4.69) is 10.3 Å². The van der Waals surface area contributed by atoms with Crippen LogP contribution < -0.4 is 10.2 Å². The van der Waals surface area contributed by atoms with E-state index in [4.69, 9.17) is 0 Å².